The fourth-order valence-electron chi connectivity index (χ4n) is 4.21. The van der Waals surface area contributed by atoms with Crippen LogP contribution in [0.1, 0.15) is 38.8 Å². The second-order valence-electron chi connectivity index (χ2n) is 11.7. The van der Waals surface area contributed by atoms with Gasteiger partial charge in [0.15, 0.2) is 0 Å². The summed E-state index contributed by atoms with van der Waals surface area (Å²) < 4.78 is -2.06. The molecule has 2 rings (SSSR count). The lowest BCUT2D eigenvalue weighted by atomic mass is 10.00. The highest BCUT2D eigenvalue weighted by atomic mass is 35.5. The zero-order chi connectivity index (χ0) is 34.1. The number of hydrogen-bond donors (Lipinski definition) is 9. The molecule has 0 bridgehead atoms. The van der Waals surface area contributed by atoms with Crippen LogP contribution < -0.4 is 32.7 Å². The van der Waals surface area contributed by atoms with Crippen molar-refractivity contribution in [1.29, 1.82) is 0 Å². The van der Waals surface area contributed by atoms with Crippen LogP contribution in [0.5, 0.6) is 5.75 Å². The predicted octanol–water partition coefficient (Wildman–Crippen LogP) is 0.631. The summed E-state index contributed by atoms with van der Waals surface area (Å²) in [4.78, 5) is 64.3. The van der Waals surface area contributed by atoms with E-state index in [0.717, 1.165) is 0 Å². The normalized spacial score (nSPS) is 14.3. The lowest BCUT2D eigenvalue weighted by Gasteiger charge is -2.31. The number of hydrogen-bond acceptors (Lipinski definition) is 9. The largest absolute Gasteiger partial charge is 0.508 e. The molecule has 0 aliphatic heterocycles. The van der Waals surface area contributed by atoms with Crippen molar-refractivity contribution in [3.05, 3.63) is 64.7 Å². The van der Waals surface area contributed by atoms with Crippen molar-refractivity contribution in [2.45, 2.75) is 74.2 Å². The van der Waals surface area contributed by atoms with E-state index < -0.39 is 69.7 Å². The summed E-state index contributed by atoms with van der Waals surface area (Å²) in [5.41, 5.74) is 12.9. The molecule has 0 aliphatic rings. The second-order valence-corrected chi connectivity index (χ2v) is 14.5. The topological polar surface area (TPSA) is 206 Å². The van der Waals surface area contributed by atoms with E-state index in [1.807, 2.05) is 0 Å². The molecule has 0 saturated heterocycles. The molecule has 0 unspecified atom stereocenters. The Labute approximate surface area is 278 Å². The van der Waals surface area contributed by atoms with Gasteiger partial charge in [-0.15, -0.1) is 0 Å². The Kier molecular flexibility index (Phi) is 13.6. The number of halogens is 1. The standard InChI is InChI=1S/C30H41ClN6O6S2/c1-29(2,44)23(25(33)40)36-27(42)21(14-17-5-9-18(31)10-6-17)35-22(39)15-34-28(43)24(30(3,4)45)37-26(41)20(32)13-16-7-11-19(38)12-8-16/h5-12,20-21,23-24,38,44-45H,13-15,32H2,1-4H3,(H2,33,40)(H,34,43)(H,35,39)(H,36,42)(H,37,41)/t20-,21-,23-,24-/m0/s1. The van der Waals surface area contributed by atoms with Crippen LogP contribution in [0.4, 0.5) is 0 Å². The fraction of sp³-hybridized carbons (Fsp3) is 0.433. The third kappa shape index (κ3) is 12.5. The fourth-order valence-corrected chi connectivity index (χ4v) is 4.71. The first-order chi connectivity index (χ1) is 20.8. The van der Waals surface area contributed by atoms with E-state index in [0.29, 0.717) is 16.1 Å². The molecular formula is C30H41ClN6O6S2. The molecule has 5 amide bonds. The minimum atomic E-state index is -1.19. The minimum absolute atomic E-state index is 0.0302. The van der Waals surface area contributed by atoms with Crippen LogP contribution in [0, 0.1) is 0 Å². The molecule has 4 atom stereocenters. The molecule has 2 aromatic rings. The third-order valence-electron chi connectivity index (χ3n) is 6.69. The van der Waals surface area contributed by atoms with Crippen molar-refractivity contribution in [2.75, 3.05) is 6.54 Å². The molecule has 9 N–H and O–H groups in total. The Balaban J connectivity index is 2.11. The maximum absolute atomic E-state index is 13.3. The van der Waals surface area contributed by atoms with E-state index >= 15 is 0 Å². The van der Waals surface area contributed by atoms with Gasteiger partial charge in [0, 0.05) is 20.9 Å². The molecule has 0 aromatic heterocycles. The quantitative estimate of drug-likeness (QED) is 0.123. The molecule has 0 saturated carbocycles. The van der Waals surface area contributed by atoms with Gasteiger partial charge in [0.1, 0.15) is 23.9 Å². The van der Waals surface area contributed by atoms with E-state index in [9.17, 15) is 29.1 Å². The Hall–Kier alpha value is -3.46. The average Bonchev–Trinajstić information content (AvgIpc) is 2.93. The highest BCUT2D eigenvalue weighted by molar-refractivity contribution is 7.82. The second kappa shape index (κ2) is 16.2. The lowest BCUT2D eigenvalue weighted by molar-refractivity contribution is -0.133. The molecule has 2 aromatic carbocycles. The van der Waals surface area contributed by atoms with E-state index in [4.69, 9.17) is 23.1 Å². The van der Waals surface area contributed by atoms with Gasteiger partial charge < -0.3 is 37.8 Å². The molecule has 246 valence electrons. The van der Waals surface area contributed by atoms with Crippen molar-refractivity contribution >= 4 is 66.4 Å². The van der Waals surface area contributed by atoms with Crippen LogP contribution in [0.2, 0.25) is 5.02 Å². The van der Waals surface area contributed by atoms with Crippen LogP contribution in [0.25, 0.3) is 0 Å². The molecule has 12 nitrogen and oxygen atoms in total. The number of phenolic OH excluding ortho intramolecular Hbond substituents is 1. The number of phenols is 1. The predicted molar refractivity (Wildman–Crippen MR) is 179 cm³/mol. The van der Waals surface area contributed by atoms with Crippen LogP contribution in [-0.4, -0.2) is 74.8 Å². The van der Waals surface area contributed by atoms with Gasteiger partial charge in [-0.1, -0.05) is 35.9 Å². The highest BCUT2D eigenvalue weighted by Crippen LogP contribution is 2.20. The number of nitrogens with two attached hydrogens (primary N) is 2. The van der Waals surface area contributed by atoms with Crippen molar-refractivity contribution in [2.24, 2.45) is 11.5 Å². The van der Waals surface area contributed by atoms with E-state index in [1.54, 1.807) is 64.1 Å². The Bertz CT molecular complexity index is 1360. The number of primary amides is 1. The summed E-state index contributed by atoms with van der Waals surface area (Å²) >= 11 is 14.8. The van der Waals surface area contributed by atoms with Gasteiger partial charge in [-0.3, -0.25) is 24.0 Å². The molecule has 0 heterocycles. The number of thiol groups is 2. The maximum Gasteiger partial charge on any atom is 0.244 e. The average molecular weight is 681 g/mol. The first-order valence-corrected chi connectivity index (χ1v) is 15.2. The van der Waals surface area contributed by atoms with Crippen LogP contribution >= 0.6 is 36.9 Å². The summed E-state index contributed by atoms with van der Waals surface area (Å²) in [6, 6.07) is 8.29. The van der Waals surface area contributed by atoms with Gasteiger partial charge in [0.2, 0.25) is 29.5 Å². The van der Waals surface area contributed by atoms with E-state index in [1.165, 1.54) is 12.1 Å². The Morgan fingerprint density at radius 2 is 1.27 bits per heavy atom. The van der Waals surface area contributed by atoms with Crippen molar-refractivity contribution in [3.8, 4) is 5.75 Å². The molecule has 0 aliphatic carbocycles. The Morgan fingerprint density at radius 3 is 1.78 bits per heavy atom. The van der Waals surface area contributed by atoms with E-state index in [2.05, 4.69) is 46.5 Å². The number of amides is 5. The SMILES string of the molecule is CC(C)(S)[C@@H](NC(=O)[C@H](Cc1ccc(Cl)cc1)NC(=O)CNC(=O)[C@H](NC(=O)[C@@H](N)Cc1ccc(O)cc1)C(C)(C)S)C(N)=O. The lowest BCUT2D eigenvalue weighted by Crippen LogP contribution is -2.61. The summed E-state index contributed by atoms with van der Waals surface area (Å²) in [7, 11) is 0. The molecule has 45 heavy (non-hydrogen) atoms. The minimum Gasteiger partial charge on any atom is -0.508 e. The summed E-state index contributed by atoms with van der Waals surface area (Å²) in [5, 5.41) is 20.1. The molecular weight excluding hydrogens is 640 g/mol. The van der Waals surface area contributed by atoms with Gasteiger partial charge in [0.25, 0.3) is 0 Å². The first kappa shape index (κ1) is 37.7. The molecule has 0 spiro atoms. The number of carbonyl (C=O) groups excluding carboxylic acids is 5. The molecule has 15 heteroatoms. The number of benzene rings is 2. The van der Waals surface area contributed by atoms with Crippen molar-refractivity contribution < 1.29 is 29.1 Å². The number of rotatable bonds is 15. The van der Waals surface area contributed by atoms with Crippen molar-refractivity contribution in [3.63, 3.8) is 0 Å². The van der Waals surface area contributed by atoms with Gasteiger partial charge in [-0.05, 0) is 69.5 Å². The summed E-state index contributed by atoms with van der Waals surface area (Å²) in [5.74, 6) is -3.48. The van der Waals surface area contributed by atoms with Gasteiger partial charge in [0.05, 0.1) is 12.6 Å². The highest BCUT2D eigenvalue weighted by Gasteiger charge is 2.36. The van der Waals surface area contributed by atoms with Crippen molar-refractivity contribution in [1.82, 2.24) is 21.3 Å². The summed E-state index contributed by atoms with van der Waals surface area (Å²) in [6.45, 7) is 5.88. The third-order valence-corrected chi connectivity index (χ3v) is 7.46. The smallest absolute Gasteiger partial charge is 0.244 e. The Morgan fingerprint density at radius 1 is 0.778 bits per heavy atom. The van der Waals surface area contributed by atoms with Gasteiger partial charge in [-0.2, -0.15) is 25.3 Å². The van der Waals surface area contributed by atoms with Crippen LogP contribution in [-0.2, 0) is 36.8 Å². The first-order valence-electron chi connectivity index (χ1n) is 14.0. The number of nitrogens with one attached hydrogen (secondary N) is 4. The zero-order valence-electron chi connectivity index (χ0n) is 25.5. The number of carbonyl (C=O) groups is 5. The summed E-state index contributed by atoms with van der Waals surface area (Å²) in [6.07, 6.45) is 0.177. The molecule has 0 radical (unpaired) electrons. The van der Waals surface area contributed by atoms with Gasteiger partial charge >= 0.3 is 0 Å². The molecule has 0 fully saturated rings. The van der Waals surface area contributed by atoms with Gasteiger partial charge in [-0.25, -0.2) is 0 Å². The van der Waals surface area contributed by atoms with E-state index in [-0.39, 0.29) is 18.6 Å². The monoisotopic (exact) mass is 680 g/mol. The zero-order valence-corrected chi connectivity index (χ0v) is 28.0. The van der Waals surface area contributed by atoms with Crippen LogP contribution in [0.3, 0.4) is 0 Å². The number of aromatic hydroxyl groups is 1. The van der Waals surface area contributed by atoms with Crippen LogP contribution in [0.15, 0.2) is 48.5 Å². The maximum atomic E-state index is 13.3.